The molecular formula is C25H28F2N2O2. The summed E-state index contributed by atoms with van der Waals surface area (Å²) in [7, 11) is 0. The Bertz CT molecular complexity index is 976. The van der Waals surface area contributed by atoms with Crippen LogP contribution in [0.25, 0.3) is 0 Å². The van der Waals surface area contributed by atoms with Crippen LogP contribution < -0.4 is 10.2 Å². The van der Waals surface area contributed by atoms with Crippen molar-refractivity contribution in [2.24, 2.45) is 5.92 Å². The quantitative estimate of drug-likeness (QED) is 0.666. The number of anilines is 1. The van der Waals surface area contributed by atoms with E-state index in [1.165, 1.54) is 30.0 Å². The molecule has 1 fully saturated rings. The third-order valence-electron chi connectivity index (χ3n) is 6.39. The molecule has 1 heterocycles. The molecule has 1 unspecified atom stereocenters. The number of carbonyl (C=O) groups is 2. The van der Waals surface area contributed by atoms with Gasteiger partial charge >= 0.3 is 0 Å². The summed E-state index contributed by atoms with van der Waals surface area (Å²) < 4.78 is 26.6. The minimum Gasteiger partial charge on any atom is -0.371 e. The van der Waals surface area contributed by atoms with E-state index in [2.05, 4.69) is 11.4 Å². The van der Waals surface area contributed by atoms with Gasteiger partial charge < -0.3 is 10.2 Å². The number of fused-ring (bicyclic) bond motifs is 1. The van der Waals surface area contributed by atoms with E-state index in [4.69, 9.17) is 0 Å². The van der Waals surface area contributed by atoms with E-state index >= 15 is 0 Å². The fraction of sp³-hybridized carbons (Fsp3) is 0.440. The zero-order chi connectivity index (χ0) is 21.8. The first-order valence-corrected chi connectivity index (χ1v) is 11.1. The number of amides is 1. The molecule has 0 spiro atoms. The Morgan fingerprint density at radius 3 is 2.58 bits per heavy atom. The number of hydrogen-bond acceptors (Lipinski definition) is 3. The highest BCUT2D eigenvalue weighted by atomic mass is 19.2. The van der Waals surface area contributed by atoms with E-state index in [0.717, 1.165) is 31.9 Å². The number of benzene rings is 2. The molecular weight excluding hydrogens is 398 g/mol. The lowest BCUT2D eigenvalue weighted by atomic mass is 9.89. The topological polar surface area (TPSA) is 49.4 Å². The fourth-order valence-electron chi connectivity index (χ4n) is 4.54. The average Bonchev–Trinajstić information content (AvgIpc) is 3.26. The molecule has 2 aromatic rings. The van der Waals surface area contributed by atoms with E-state index in [9.17, 15) is 18.4 Å². The third-order valence-corrected chi connectivity index (χ3v) is 6.39. The van der Waals surface area contributed by atoms with Gasteiger partial charge in [-0.25, -0.2) is 8.78 Å². The van der Waals surface area contributed by atoms with Gasteiger partial charge in [0.05, 0.1) is 0 Å². The van der Waals surface area contributed by atoms with Crippen LogP contribution in [0.15, 0.2) is 36.4 Å². The van der Waals surface area contributed by atoms with Gasteiger partial charge in [-0.15, -0.1) is 0 Å². The molecule has 1 N–H and O–H groups in total. The summed E-state index contributed by atoms with van der Waals surface area (Å²) in [6, 6.07) is 9.87. The molecule has 2 aliphatic rings. The first kappa shape index (κ1) is 21.5. The fourth-order valence-corrected chi connectivity index (χ4v) is 4.54. The van der Waals surface area contributed by atoms with Crippen LogP contribution in [0, 0.1) is 17.6 Å². The summed E-state index contributed by atoms with van der Waals surface area (Å²) in [6.07, 6.45) is 5.74. The predicted molar refractivity (Wildman–Crippen MR) is 116 cm³/mol. The van der Waals surface area contributed by atoms with Crippen molar-refractivity contribution in [2.45, 2.75) is 44.9 Å². The lowest BCUT2D eigenvalue weighted by Gasteiger charge is -2.19. The van der Waals surface area contributed by atoms with E-state index < -0.39 is 11.6 Å². The number of rotatable bonds is 7. The molecule has 1 amide bonds. The van der Waals surface area contributed by atoms with E-state index in [1.54, 1.807) is 6.07 Å². The van der Waals surface area contributed by atoms with Gasteiger partial charge in [-0.05, 0) is 67.3 Å². The summed E-state index contributed by atoms with van der Waals surface area (Å²) in [5.74, 6) is -1.57. The number of nitrogens with zero attached hydrogens (tertiary/aromatic N) is 1. The molecule has 164 valence electrons. The molecule has 0 saturated carbocycles. The maximum atomic E-state index is 13.5. The molecule has 0 bridgehead atoms. The van der Waals surface area contributed by atoms with Crippen LogP contribution in [0.5, 0.6) is 0 Å². The Morgan fingerprint density at radius 1 is 0.968 bits per heavy atom. The van der Waals surface area contributed by atoms with Crippen LogP contribution in [0.3, 0.4) is 0 Å². The smallest absolute Gasteiger partial charge is 0.220 e. The zero-order valence-corrected chi connectivity index (χ0v) is 17.6. The zero-order valence-electron chi connectivity index (χ0n) is 17.6. The highest BCUT2D eigenvalue weighted by molar-refractivity contribution is 5.98. The van der Waals surface area contributed by atoms with E-state index in [1.807, 2.05) is 17.0 Å². The second-order valence-corrected chi connectivity index (χ2v) is 8.62. The van der Waals surface area contributed by atoms with Gasteiger partial charge in [0.2, 0.25) is 5.91 Å². The maximum Gasteiger partial charge on any atom is 0.220 e. The van der Waals surface area contributed by atoms with Crippen LogP contribution in [-0.2, 0) is 17.6 Å². The summed E-state index contributed by atoms with van der Waals surface area (Å²) in [4.78, 5) is 26.7. The lowest BCUT2D eigenvalue weighted by Crippen LogP contribution is -2.31. The van der Waals surface area contributed by atoms with Crippen LogP contribution in [0.1, 0.15) is 53.6 Å². The minimum absolute atomic E-state index is 0.00824. The number of aryl methyl sites for hydroxylation is 2. The molecule has 31 heavy (non-hydrogen) atoms. The van der Waals surface area contributed by atoms with Crippen molar-refractivity contribution < 1.29 is 18.4 Å². The SMILES string of the molecule is O=C(CCC(=O)c1ccc2c(c1)CCCC2)NCC1CCN(c2ccc(F)c(F)c2)C1. The summed E-state index contributed by atoms with van der Waals surface area (Å²) >= 11 is 0. The van der Waals surface area contributed by atoms with E-state index in [0.29, 0.717) is 24.3 Å². The second kappa shape index (κ2) is 9.58. The largest absolute Gasteiger partial charge is 0.371 e. The molecule has 1 aliphatic heterocycles. The van der Waals surface area contributed by atoms with Crippen LogP contribution in [0.2, 0.25) is 0 Å². The number of carbonyl (C=O) groups excluding carboxylic acids is 2. The van der Waals surface area contributed by atoms with Gasteiger partial charge in [-0.1, -0.05) is 12.1 Å². The van der Waals surface area contributed by atoms with Gasteiger partial charge in [-0.3, -0.25) is 9.59 Å². The maximum absolute atomic E-state index is 13.5. The Balaban J connectivity index is 1.21. The number of halogens is 2. The van der Waals surface area contributed by atoms with Crippen molar-refractivity contribution in [2.75, 3.05) is 24.5 Å². The van der Waals surface area contributed by atoms with Gasteiger partial charge in [0, 0.05) is 49.8 Å². The van der Waals surface area contributed by atoms with Gasteiger partial charge in [-0.2, -0.15) is 0 Å². The molecule has 4 nitrogen and oxygen atoms in total. The van der Waals surface area contributed by atoms with Crippen molar-refractivity contribution in [3.63, 3.8) is 0 Å². The molecule has 1 aliphatic carbocycles. The first-order valence-electron chi connectivity index (χ1n) is 11.1. The van der Waals surface area contributed by atoms with Crippen LogP contribution in [0.4, 0.5) is 14.5 Å². The summed E-state index contributed by atoms with van der Waals surface area (Å²) in [5, 5.41) is 2.92. The molecule has 4 rings (SSSR count). The minimum atomic E-state index is -0.850. The number of hydrogen-bond donors (Lipinski definition) is 1. The first-order chi connectivity index (χ1) is 15.0. The molecule has 1 saturated heterocycles. The van der Waals surface area contributed by atoms with Crippen LogP contribution >= 0.6 is 0 Å². The van der Waals surface area contributed by atoms with Crippen molar-refractivity contribution in [1.82, 2.24) is 5.32 Å². The normalized spacial score (nSPS) is 18.0. The van der Waals surface area contributed by atoms with Crippen molar-refractivity contribution in [3.8, 4) is 0 Å². The number of nitrogens with one attached hydrogen (secondary N) is 1. The van der Waals surface area contributed by atoms with Gasteiger partial charge in [0.25, 0.3) is 0 Å². The predicted octanol–water partition coefficient (Wildman–Crippen LogP) is 4.45. The monoisotopic (exact) mass is 426 g/mol. The lowest BCUT2D eigenvalue weighted by molar-refractivity contribution is -0.121. The summed E-state index contributed by atoms with van der Waals surface area (Å²) in [5.41, 5.74) is 3.97. The van der Waals surface area contributed by atoms with Gasteiger partial charge in [0.1, 0.15) is 0 Å². The Morgan fingerprint density at radius 2 is 1.77 bits per heavy atom. The molecule has 0 aromatic heterocycles. The standard InChI is InChI=1S/C25H28F2N2O2/c26-22-8-7-21(14-23(22)27)29-12-11-17(16-29)15-28-25(31)10-9-24(30)20-6-5-18-3-1-2-4-19(18)13-20/h5-8,13-14,17H,1-4,9-12,15-16H2,(H,28,31). The second-order valence-electron chi connectivity index (χ2n) is 8.62. The number of Topliss-reactive ketones (excluding diaryl/α,β-unsaturated/α-hetero) is 1. The summed E-state index contributed by atoms with van der Waals surface area (Å²) in [6.45, 7) is 1.94. The Kier molecular flexibility index (Phi) is 6.64. The highest BCUT2D eigenvalue weighted by Gasteiger charge is 2.24. The molecule has 2 aromatic carbocycles. The molecule has 6 heteroatoms. The average molecular weight is 427 g/mol. The Labute approximate surface area is 181 Å². The molecule has 1 atom stereocenters. The highest BCUT2D eigenvalue weighted by Crippen LogP contribution is 2.25. The van der Waals surface area contributed by atoms with Crippen LogP contribution in [-0.4, -0.2) is 31.3 Å². The molecule has 0 radical (unpaired) electrons. The van der Waals surface area contributed by atoms with Crippen molar-refractivity contribution in [3.05, 3.63) is 64.7 Å². The Hall–Kier alpha value is -2.76. The van der Waals surface area contributed by atoms with Gasteiger partial charge in [0.15, 0.2) is 17.4 Å². The van der Waals surface area contributed by atoms with E-state index in [-0.39, 0.29) is 30.4 Å². The number of ketones is 1. The van der Waals surface area contributed by atoms with Crippen molar-refractivity contribution >= 4 is 17.4 Å². The van der Waals surface area contributed by atoms with Crippen molar-refractivity contribution in [1.29, 1.82) is 0 Å². The third kappa shape index (κ3) is 5.30.